The number of rotatable bonds is 4. The van der Waals surface area contributed by atoms with Crippen molar-refractivity contribution in [3.63, 3.8) is 0 Å². The van der Waals surface area contributed by atoms with Crippen LogP contribution in [-0.2, 0) is 0 Å². The molecule has 0 aliphatic carbocycles. The van der Waals surface area contributed by atoms with Gasteiger partial charge in [-0.05, 0) is 49.2 Å². The van der Waals surface area contributed by atoms with Crippen molar-refractivity contribution in [2.75, 3.05) is 32.1 Å². The van der Waals surface area contributed by atoms with Crippen molar-refractivity contribution in [3.8, 4) is 11.1 Å². The highest BCUT2D eigenvalue weighted by Gasteiger charge is 2.23. The molecule has 132 valence electrons. The minimum absolute atomic E-state index is 0.0435. The Kier molecular flexibility index (Phi) is 5.34. The number of piperidine rings is 1. The van der Waals surface area contributed by atoms with E-state index < -0.39 is 0 Å². The van der Waals surface area contributed by atoms with Crippen LogP contribution in [-0.4, -0.2) is 44.1 Å². The number of nitrogens with zero attached hydrogens (tertiary/aromatic N) is 2. The van der Waals surface area contributed by atoms with E-state index in [1.165, 1.54) is 0 Å². The molecule has 3 rings (SSSR count). The van der Waals surface area contributed by atoms with Gasteiger partial charge in [0.25, 0.3) is 5.91 Å². The van der Waals surface area contributed by atoms with Gasteiger partial charge in [0.05, 0.1) is 5.56 Å². The summed E-state index contributed by atoms with van der Waals surface area (Å²) in [5.41, 5.74) is 3.77. The first kappa shape index (κ1) is 17.4. The second-order valence-corrected chi connectivity index (χ2v) is 6.95. The summed E-state index contributed by atoms with van der Waals surface area (Å²) in [6.07, 6.45) is 4.40. The van der Waals surface area contributed by atoms with Crippen molar-refractivity contribution in [3.05, 3.63) is 48.3 Å². The number of hydrogen-bond donors (Lipinski definition) is 2. The highest BCUT2D eigenvalue weighted by atomic mass is 16.1. The maximum absolute atomic E-state index is 12.6. The molecule has 1 fully saturated rings. The predicted octanol–water partition coefficient (Wildman–Crippen LogP) is 2.54. The Labute approximate surface area is 149 Å². The highest BCUT2D eigenvalue weighted by Crippen LogP contribution is 2.23. The molecule has 0 radical (unpaired) electrons. The quantitative estimate of drug-likeness (QED) is 0.899. The van der Waals surface area contributed by atoms with E-state index in [0.717, 1.165) is 36.3 Å². The number of carbonyl (C=O) groups excluding carboxylic acids is 1. The van der Waals surface area contributed by atoms with E-state index in [0.29, 0.717) is 11.5 Å². The zero-order valence-corrected chi connectivity index (χ0v) is 15.1. The van der Waals surface area contributed by atoms with E-state index in [4.69, 9.17) is 0 Å². The van der Waals surface area contributed by atoms with Crippen LogP contribution in [0.3, 0.4) is 0 Å². The summed E-state index contributed by atoms with van der Waals surface area (Å²) in [7, 11) is 4.03. The normalized spacial score (nSPS) is 20.1. The lowest BCUT2D eigenvalue weighted by Gasteiger charge is -2.30. The molecule has 0 spiro atoms. The van der Waals surface area contributed by atoms with Crippen LogP contribution in [0.2, 0.25) is 0 Å². The molecule has 1 aromatic heterocycles. The molecule has 1 amide bonds. The van der Waals surface area contributed by atoms with Gasteiger partial charge in [-0.15, -0.1) is 0 Å². The molecule has 2 atom stereocenters. The van der Waals surface area contributed by atoms with Crippen LogP contribution in [0.25, 0.3) is 11.1 Å². The Balaban J connectivity index is 1.75. The fourth-order valence-electron chi connectivity index (χ4n) is 3.15. The molecule has 1 aliphatic rings. The third-order valence-corrected chi connectivity index (χ3v) is 4.82. The topological polar surface area (TPSA) is 57.3 Å². The van der Waals surface area contributed by atoms with Crippen molar-refractivity contribution < 1.29 is 4.79 Å². The van der Waals surface area contributed by atoms with Crippen LogP contribution < -0.4 is 15.5 Å². The molecular weight excluding hydrogens is 312 g/mol. The third kappa shape index (κ3) is 4.17. The standard InChI is InChI=1S/C20H26N4O/c1-14-11-21-9-8-19(14)23-20(25)17-10-16(12-22-13-17)15-4-6-18(7-5-15)24(2)3/h4-7,10,12-14,19,21H,8-9,11H2,1-3H3,(H,23,25). The van der Waals surface area contributed by atoms with Gasteiger partial charge in [-0.25, -0.2) is 0 Å². The zero-order chi connectivity index (χ0) is 17.8. The largest absolute Gasteiger partial charge is 0.378 e. The van der Waals surface area contributed by atoms with Crippen LogP contribution >= 0.6 is 0 Å². The second kappa shape index (κ2) is 7.66. The van der Waals surface area contributed by atoms with Gasteiger partial charge in [0.2, 0.25) is 0 Å². The van der Waals surface area contributed by atoms with Crippen molar-refractivity contribution in [1.29, 1.82) is 0 Å². The van der Waals surface area contributed by atoms with E-state index in [1.807, 2.05) is 20.2 Å². The van der Waals surface area contributed by atoms with Gasteiger partial charge < -0.3 is 15.5 Å². The zero-order valence-electron chi connectivity index (χ0n) is 15.1. The third-order valence-electron chi connectivity index (χ3n) is 4.82. The Hall–Kier alpha value is -2.40. The van der Waals surface area contributed by atoms with Crippen molar-refractivity contribution >= 4 is 11.6 Å². The average Bonchev–Trinajstić information content (AvgIpc) is 2.64. The van der Waals surface area contributed by atoms with Gasteiger partial charge in [0.1, 0.15) is 0 Å². The SMILES string of the molecule is CC1CNCCC1NC(=O)c1cncc(-c2ccc(N(C)C)cc2)c1. The van der Waals surface area contributed by atoms with E-state index in [1.54, 1.807) is 12.4 Å². The minimum Gasteiger partial charge on any atom is -0.378 e. The van der Waals surface area contributed by atoms with E-state index >= 15 is 0 Å². The lowest BCUT2D eigenvalue weighted by molar-refractivity contribution is 0.0914. The van der Waals surface area contributed by atoms with Crippen LogP contribution in [0.1, 0.15) is 23.7 Å². The summed E-state index contributed by atoms with van der Waals surface area (Å²) in [6, 6.07) is 10.4. The van der Waals surface area contributed by atoms with Crippen molar-refractivity contribution in [2.45, 2.75) is 19.4 Å². The predicted molar refractivity (Wildman–Crippen MR) is 102 cm³/mol. The molecule has 0 bridgehead atoms. The minimum atomic E-state index is -0.0435. The Morgan fingerprint density at radius 3 is 2.64 bits per heavy atom. The number of nitrogens with one attached hydrogen (secondary N) is 2. The van der Waals surface area contributed by atoms with Crippen molar-refractivity contribution in [1.82, 2.24) is 15.6 Å². The number of anilines is 1. The first-order valence-corrected chi connectivity index (χ1v) is 8.79. The molecule has 1 saturated heterocycles. The number of benzene rings is 1. The summed E-state index contributed by atoms with van der Waals surface area (Å²) >= 11 is 0. The molecule has 1 aliphatic heterocycles. The number of amides is 1. The Bertz CT molecular complexity index is 727. The van der Waals surface area contributed by atoms with E-state index in [9.17, 15) is 4.79 Å². The van der Waals surface area contributed by atoms with Gasteiger partial charge in [-0.2, -0.15) is 0 Å². The van der Waals surface area contributed by atoms with Crippen LogP contribution in [0.5, 0.6) is 0 Å². The molecule has 0 saturated carbocycles. The lowest BCUT2D eigenvalue weighted by atomic mass is 9.95. The Morgan fingerprint density at radius 1 is 1.20 bits per heavy atom. The van der Waals surface area contributed by atoms with Crippen LogP contribution in [0.4, 0.5) is 5.69 Å². The average molecular weight is 338 g/mol. The number of carbonyl (C=O) groups is 1. The van der Waals surface area contributed by atoms with Crippen molar-refractivity contribution in [2.24, 2.45) is 5.92 Å². The fourth-order valence-corrected chi connectivity index (χ4v) is 3.15. The molecule has 2 aromatic rings. The number of aromatic nitrogens is 1. The summed E-state index contributed by atoms with van der Waals surface area (Å²) in [4.78, 5) is 18.9. The summed E-state index contributed by atoms with van der Waals surface area (Å²) in [6.45, 7) is 4.06. The lowest BCUT2D eigenvalue weighted by Crippen LogP contribution is -2.48. The monoisotopic (exact) mass is 338 g/mol. The molecule has 2 heterocycles. The molecule has 5 heteroatoms. The van der Waals surface area contributed by atoms with Crippen LogP contribution in [0.15, 0.2) is 42.7 Å². The molecule has 2 unspecified atom stereocenters. The van der Waals surface area contributed by atoms with Crippen LogP contribution in [0, 0.1) is 5.92 Å². The fraction of sp³-hybridized carbons (Fsp3) is 0.400. The Morgan fingerprint density at radius 2 is 1.96 bits per heavy atom. The molecule has 5 nitrogen and oxygen atoms in total. The first-order chi connectivity index (χ1) is 12.0. The van der Waals surface area contributed by atoms with E-state index in [-0.39, 0.29) is 11.9 Å². The van der Waals surface area contributed by atoms with Gasteiger partial charge in [0.15, 0.2) is 0 Å². The number of pyridine rings is 1. The summed E-state index contributed by atoms with van der Waals surface area (Å²) in [5, 5.41) is 6.52. The first-order valence-electron chi connectivity index (χ1n) is 8.79. The summed E-state index contributed by atoms with van der Waals surface area (Å²) in [5.74, 6) is 0.394. The summed E-state index contributed by atoms with van der Waals surface area (Å²) < 4.78 is 0. The maximum Gasteiger partial charge on any atom is 0.253 e. The maximum atomic E-state index is 12.6. The van der Waals surface area contributed by atoms with Gasteiger partial charge in [-0.3, -0.25) is 9.78 Å². The molecule has 1 aromatic carbocycles. The smallest absolute Gasteiger partial charge is 0.253 e. The second-order valence-electron chi connectivity index (χ2n) is 6.95. The molecule has 25 heavy (non-hydrogen) atoms. The van der Waals surface area contributed by atoms with E-state index in [2.05, 4.69) is 51.7 Å². The van der Waals surface area contributed by atoms with Gasteiger partial charge >= 0.3 is 0 Å². The highest BCUT2D eigenvalue weighted by molar-refractivity contribution is 5.95. The molecule has 2 N–H and O–H groups in total. The van der Waals surface area contributed by atoms with Gasteiger partial charge in [-0.1, -0.05) is 19.1 Å². The van der Waals surface area contributed by atoms with Gasteiger partial charge in [0, 0.05) is 43.8 Å². The number of hydrogen-bond acceptors (Lipinski definition) is 4. The molecular formula is C20H26N4O.